The second-order valence-electron chi connectivity index (χ2n) is 3.78. The smallest absolute Gasteiger partial charge is 0.154 e. The highest BCUT2D eigenvalue weighted by Gasteiger charge is 2.17. The van der Waals surface area contributed by atoms with Crippen LogP contribution < -0.4 is 10.1 Å². The Morgan fingerprint density at radius 3 is 3.07 bits per heavy atom. The molecule has 2 N–H and O–H groups in total. The number of nitrogens with one attached hydrogen (secondary N) is 2. The maximum absolute atomic E-state index is 5.72. The van der Waals surface area contributed by atoms with E-state index in [1.807, 2.05) is 18.2 Å². The average Bonchev–Trinajstić information content (AvgIpc) is 2.63. The molecule has 1 aliphatic rings. The highest BCUT2D eigenvalue weighted by Crippen LogP contribution is 2.22. The van der Waals surface area contributed by atoms with Crippen molar-refractivity contribution >= 4 is 11.0 Å². The van der Waals surface area contributed by atoms with Crippen molar-refractivity contribution < 1.29 is 4.74 Å². The third-order valence-electron chi connectivity index (χ3n) is 2.65. The Kier molecular flexibility index (Phi) is 2.03. The molecule has 5 heteroatoms. The lowest BCUT2D eigenvalue weighted by atomic mass is 10.1. The number of hydrogen-bond donors (Lipinski definition) is 2. The summed E-state index contributed by atoms with van der Waals surface area (Å²) in [5.74, 6) is 1.44. The van der Waals surface area contributed by atoms with Crippen molar-refractivity contribution in [3.63, 3.8) is 0 Å². The van der Waals surface area contributed by atoms with Crippen LogP contribution in [0.25, 0.3) is 11.0 Å². The predicted molar refractivity (Wildman–Crippen MR) is 55.7 cm³/mol. The molecule has 78 valence electrons. The number of hydrogen-bond acceptors (Lipinski definition) is 4. The van der Waals surface area contributed by atoms with Crippen LogP contribution in [0.5, 0.6) is 5.75 Å². The molecule has 1 fully saturated rings. The first kappa shape index (κ1) is 8.67. The quantitative estimate of drug-likeness (QED) is 0.766. The van der Waals surface area contributed by atoms with Gasteiger partial charge in [0.05, 0.1) is 6.61 Å². The Balaban J connectivity index is 1.80. The molecule has 0 saturated carbocycles. The first-order valence-electron chi connectivity index (χ1n) is 5.06. The zero-order valence-corrected chi connectivity index (χ0v) is 8.23. The molecule has 0 unspecified atom stereocenters. The van der Waals surface area contributed by atoms with E-state index < -0.39 is 0 Å². The normalized spacial score (nSPS) is 16.5. The Bertz CT molecular complexity index is 463. The highest BCUT2D eigenvalue weighted by atomic mass is 16.5. The van der Waals surface area contributed by atoms with Gasteiger partial charge in [0.2, 0.25) is 0 Å². The van der Waals surface area contributed by atoms with Crippen molar-refractivity contribution in [2.24, 2.45) is 5.92 Å². The lowest BCUT2D eigenvalue weighted by Crippen LogP contribution is -2.45. The van der Waals surface area contributed by atoms with E-state index in [0.29, 0.717) is 5.92 Å². The second kappa shape index (κ2) is 3.51. The van der Waals surface area contributed by atoms with E-state index >= 15 is 0 Å². The standard InChI is InChI=1S/C10H12N4O/c1-2-8-10(13-14-12-8)9(3-1)15-6-7-4-11-5-7/h1-3,7,11H,4-6H2,(H,12,13,14). The Hall–Kier alpha value is -1.62. The molecule has 1 aromatic carbocycles. The number of para-hydroxylation sites is 1. The molecule has 5 nitrogen and oxygen atoms in total. The van der Waals surface area contributed by atoms with Crippen molar-refractivity contribution in [3.8, 4) is 5.75 Å². The minimum Gasteiger partial charge on any atom is -0.491 e. The maximum Gasteiger partial charge on any atom is 0.154 e. The second-order valence-corrected chi connectivity index (χ2v) is 3.78. The fraction of sp³-hybridized carbons (Fsp3) is 0.400. The van der Waals surface area contributed by atoms with Crippen molar-refractivity contribution in [3.05, 3.63) is 18.2 Å². The third kappa shape index (κ3) is 1.55. The van der Waals surface area contributed by atoms with Gasteiger partial charge in [0.15, 0.2) is 5.52 Å². The van der Waals surface area contributed by atoms with Crippen LogP contribution in [0.2, 0.25) is 0 Å². The summed E-state index contributed by atoms with van der Waals surface area (Å²) in [6.07, 6.45) is 0. The molecule has 15 heavy (non-hydrogen) atoms. The topological polar surface area (TPSA) is 62.8 Å². The summed E-state index contributed by atoms with van der Waals surface area (Å²) in [4.78, 5) is 0. The first-order chi connectivity index (χ1) is 7.43. The zero-order chi connectivity index (χ0) is 10.1. The number of rotatable bonds is 3. The van der Waals surface area contributed by atoms with Gasteiger partial charge in [-0.25, -0.2) is 0 Å². The molecule has 3 rings (SSSR count). The Labute approximate surface area is 86.8 Å². The molecule has 0 bridgehead atoms. The van der Waals surface area contributed by atoms with Crippen molar-refractivity contribution in [1.29, 1.82) is 0 Å². The number of nitrogens with zero attached hydrogens (tertiary/aromatic N) is 2. The van der Waals surface area contributed by atoms with Crippen LogP contribution >= 0.6 is 0 Å². The lowest BCUT2D eigenvalue weighted by molar-refractivity contribution is 0.200. The van der Waals surface area contributed by atoms with Crippen LogP contribution in [-0.4, -0.2) is 35.1 Å². The number of aromatic amines is 1. The average molecular weight is 204 g/mol. The molecule has 0 aliphatic carbocycles. The van der Waals surface area contributed by atoms with Crippen LogP contribution in [-0.2, 0) is 0 Å². The van der Waals surface area contributed by atoms with Gasteiger partial charge in [-0.05, 0) is 12.1 Å². The molecule has 1 aromatic heterocycles. The summed E-state index contributed by atoms with van der Waals surface area (Å²) in [5, 5.41) is 13.9. The number of H-pyrrole nitrogens is 1. The molecule has 1 saturated heterocycles. The van der Waals surface area contributed by atoms with Crippen LogP contribution in [0.1, 0.15) is 0 Å². The molecule has 0 atom stereocenters. The number of aromatic nitrogens is 3. The van der Waals surface area contributed by atoms with E-state index in [0.717, 1.165) is 36.5 Å². The summed E-state index contributed by atoms with van der Waals surface area (Å²) in [6, 6.07) is 5.77. The number of benzene rings is 1. The summed E-state index contributed by atoms with van der Waals surface area (Å²) >= 11 is 0. The molecule has 0 spiro atoms. The lowest BCUT2D eigenvalue weighted by Gasteiger charge is -2.26. The van der Waals surface area contributed by atoms with Crippen LogP contribution in [0, 0.1) is 5.92 Å². The molecular weight excluding hydrogens is 192 g/mol. The van der Waals surface area contributed by atoms with Crippen molar-refractivity contribution in [2.45, 2.75) is 0 Å². The van der Waals surface area contributed by atoms with E-state index in [-0.39, 0.29) is 0 Å². The van der Waals surface area contributed by atoms with Gasteiger partial charge >= 0.3 is 0 Å². The summed E-state index contributed by atoms with van der Waals surface area (Å²) < 4.78 is 5.72. The third-order valence-corrected chi connectivity index (χ3v) is 2.65. The Morgan fingerprint density at radius 2 is 2.27 bits per heavy atom. The van der Waals surface area contributed by atoms with Gasteiger partial charge in [-0.2, -0.15) is 15.4 Å². The minimum atomic E-state index is 0.632. The van der Waals surface area contributed by atoms with E-state index in [4.69, 9.17) is 4.74 Å². The highest BCUT2D eigenvalue weighted by molar-refractivity contribution is 5.80. The van der Waals surface area contributed by atoms with E-state index in [9.17, 15) is 0 Å². The minimum absolute atomic E-state index is 0.632. The fourth-order valence-corrected chi connectivity index (χ4v) is 1.63. The maximum atomic E-state index is 5.72. The first-order valence-corrected chi connectivity index (χ1v) is 5.06. The Morgan fingerprint density at radius 1 is 1.33 bits per heavy atom. The van der Waals surface area contributed by atoms with E-state index in [1.165, 1.54) is 0 Å². The zero-order valence-electron chi connectivity index (χ0n) is 8.23. The van der Waals surface area contributed by atoms with Gasteiger partial charge < -0.3 is 10.1 Å². The molecule has 0 amide bonds. The SMILES string of the molecule is c1cc(OCC2CNC2)c2n[nH]nc2c1. The fourth-order valence-electron chi connectivity index (χ4n) is 1.63. The largest absolute Gasteiger partial charge is 0.491 e. The van der Waals surface area contributed by atoms with Gasteiger partial charge in [-0.15, -0.1) is 0 Å². The van der Waals surface area contributed by atoms with Crippen molar-refractivity contribution in [1.82, 2.24) is 20.7 Å². The number of fused-ring (bicyclic) bond motifs is 1. The van der Waals surface area contributed by atoms with Crippen LogP contribution in [0.15, 0.2) is 18.2 Å². The van der Waals surface area contributed by atoms with E-state index in [1.54, 1.807) is 0 Å². The summed E-state index contributed by atoms with van der Waals surface area (Å²) in [7, 11) is 0. The summed E-state index contributed by atoms with van der Waals surface area (Å²) in [6.45, 7) is 2.85. The van der Waals surface area contributed by atoms with Gasteiger partial charge in [0, 0.05) is 19.0 Å². The molecular formula is C10H12N4O. The predicted octanol–water partition coefficient (Wildman–Crippen LogP) is 0.556. The number of ether oxygens (including phenoxy) is 1. The molecule has 0 radical (unpaired) electrons. The van der Waals surface area contributed by atoms with E-state index in [2.05, 4.69) is 20.7 Å². The van der Waals surface area contributed by atoms with Crippen LogP contribution in [0.3, 0.4) is 0 Å². The van der Waals surface area contributed by atoms with Gasteiger partial charge in [0.25, 0.3) is 0 Å². The summed E-state index contributed by atoms with van der Waals surface area (Å²) in [5.41, 5.74) is 1.66. The van der Waals surface area contributed by atoms with Crippen molar-refractivity contribution in [2.75, 3.05) is 19.7 Å². The molecule has 2 aromatic rings. The van der Waals surface area contributed by atoms with Gasteiger partial charge in [-0.3, -0.25) is 0 Å². The van der Waals surface area contributed by atoms with Gasteiger partial charge in [0.1, 0.15) is 11.3 Å². The van der Waals surface area contributed by atoms with Crippen LogP contribution in [0.4, 0.5) is 0 Å². The molecule has 1 aliphatic heterocycles. The monoisotopic (exact) mass is 204 g/mol. The molecule has 2 heterocycles. The van der Waals surface area contributed by atoms with Gasteiger partial charge in [-0.1, -0.05) is 6.07 Å².